The van der Waals surface area contributed by atoms with E-state index in [1.807, 2.05) is 6.07 Å². The first-order valence-corrected chi connectivity index (χ1v) is 7.97. The number of alkyl halides is 6. The number of carbonyl (C=O) groups is 1. The van der Waals surface area contributed by atoms with Crippen molar-refractivity contribution in [3.63, 3.8) is 0 Å². The van der Waals surface area contributed by atoms with Crippen molar-refractivity contribution in [2.75, 3.05) is 13.2 Å². The summed E-state index contributed by atoms with van der Waals surface area (Å²) in [7, 11) is 0. The number of aromatic nitrogens is 2. The van der Waals surface area contributed by atoms with E-state index in [2.05, 4.69) is 9.84 Å². The average Bonchev–Trinajstić information content (AvgIpc) is 2.97. The third-order valence-electron chi connectivity index (χ3n) is 3.63. The molecule has 2 aromatic rings. The van der Waals surface area contributed by atoms with E-state index >= 15 is 0 Å². The average molecular weight is 420 g/mol. The number of aryl methyl sites for hydroxylation is 2. The Kier molecular flexibility index (Phi) is 6.10. The SMILES string of the molecule is Cc1cc(C#N)c(-n2nc(OCC(F)(F)F)cc2C)cc1C(=O)NCC(F)(F)F. The first-order chi connectivity index (χ1) is 13.3. The summed E-state index contributed by atoms with van der Waals surface area (Å²) >= 11 is 0. The summed E-state index contributed by atoms with van der Waals surface area (Å²) in [4.78, 5) is 12.1. The molecule has 0 aliphatic rings. The van der Waals surface area contributed by atoms with Gasteiger partial charge in [-0.25, -0.2) is 4.68 Å². The normalized spacial score (nSPS) is 11.8. The Hall–Kier alpha value is -3.23. The molecule has 1 N–H and O–H groups in total. The summed E-state index contributed by atoms with van der Waals surface area (Å²) in [6.45, 7) is -0.219. The molecule has 0 unspecified atom stereocenters. The highest BCUT2D eigenvalue weighted by Crippen LogP contribution is 2.25. The Labute approximate surface area is 160 Å². The Bertz CT molecular complexity index is 957. The maximum atomic E-state index is 12.3. The van der Waals surface area contributed by atoms with Gasteiger partial charge in [0.05, 0.1) is 11.3 Å². The molecule has 0 saturated carbocycles. The third kappa shape index (κ3) is 5.87. The van der Waals surface area contributed by atoms with Crippen LogP contribution in [0.4, 0.5) is 26.3 Å². The van der Waals surface area contributed by atoms with Gasteiger partial charge in [-0.15, -0.1) is 5.10 Å². The van der Waals surface area contributed by atoms with Crippen molar-refractivity contribution in [1.29, 1.82) is 5.26 Å². The number of rotatable bonds is 5. The zero-order valence-corrected chi connectivity index (χ0v) is 15.1. The first-order valence-electron chi connectivity index (χ1n) is 7.97. The van der Waals surface area contributed by atoms with E-state index < -0.39 is 31.4 Å². The number of hydrogen-bond donors (Lipinski definition) is 1. The number of nitriles is 1. The van der Waals surface area contributed by atoms with Gasteiger partial charge in [-0.2, -0.15) is 31.6 Å². The van der Waals surface area contributed by atoms with Gasteiger partial charge in [0, 0.05) is 17.3 Å². The number of halogens is 6. The van der Waals surface area contributed by atoms with E-state index in [1.54, 1.807) is 5.32 Å². The molecule has 156 valence electrons. The van der Waals surface area contributed by atoms with Gasteiger partial charge < -0.3 is 10.1 Å². The van der Waals surface area contributed by atoms with Gasteiger partial charge in [0.25, 0.3) is 5.91 Å². The molecule has 1 aromatic carbocycles. The van der Waals surface area contributed by atoms with Crippen LogP contribution in [0.1, 0.15) is 27.2 Å². The summed E-state index contributed by atoms with van der Waals surface area (Å²) in [6, 6.07) is 5.47. The van der Waals surface area contributed by atoms with Crippen molar-refractivity contribution in [3.05, 3.63) is 40.6 Å². The molecule has 0 atom stereocenters. The molecule has 0 saturated heterocycles. The quantitative estimate of drug-likeness (QED) is 0.750. The highest BCUT2D eigenvalue weighted by atomic mass is 19.4. The van der Waals surface area contributed by atoms with Gasteiger partial charge in [-0.1, -0.05) is 0 Å². The van der Waals surface area contributed by atoms with Gasteiger partial charge in [0.1, 0.15) is 12.6 Å². The minimum absolute atomic E-state index is 0.00890. The second-order valence-corrected chi connectivity index (χ2v) is 6.03. The summed E-state index contributed by atoms with van der Waals surface area (Å²) < 4.78 is 79.6. The lowest BCUT2D eigenvalue weighted by Crippen LogP contribution is -2.34. The second-order valence-electron chi connectivity index (χ2n) is 6.03. The molecule has 0 radical (unpaired) electrons. The topological polar surface area (TPSA) is 79.9 Å². The van der Waals surface area contributed by atoms with Crippen LogP contribution in [-0.2, 0) is 0 Å². The molecule has 0 fully saturated rings. The smallest absolute Gasteiger partial charge is 0.422 e. The Balaban J connectivity index is 2.41. The highest BCUT2D eigenvalue weighted by molar-refractivity contribution is 5.96. The minimum Gasteiger partial charge on any atom is -0.467 e. The van der Waals surface area contributed by atoms with E-state index in [0.717, 1.165) is 10.7 Å². The predicted molar refractivity (Wildman–Crippen MR) is 87.7 cm³/mol. The maximum absolute atomic E-state index is 12.3. The molecule has 12 heteroatoms. The summed E-state index contributed by atoms with van der Waals surface area (Å²) in [5, 5.41) is 14.9. The molecule has 2 rings (SSSR count). The summed E-state index contributed by atoms with van der Waals surface area (Å²) in [6.07, 6.45) is -9.19. The fourth-order valence-corrected chi connectivity index (χ4v) is 2.40. The molecule has 0 aliphatic carbocycles. The molecule has 29 heavy (non-hydrogen) atoms. The Morgan fingerprint density at radius 1 is 1.17 bits per heavy atom. The Morgan fingerprint density at radius 3 is 2.38 bits per heavy atom. The number of hydrogen-bond acceptors (Lipinski definition) is 4. The van der Waals surface area contributed by atoms with E-state index in [0.29, 0.717) is 0 Å². The molecule has 1 amide bonds. The largest absolute Gasteiger partial charge is 0.467 e. The predicted octanol–water partition coefficient (Wildman–Crippen LogP) is 3.59. The molecule has 6 nitrogen and oxygen atoms in total. The zero-order valence-electron chi connectivity index (χ0n) is 15.1. The van der Waals surface area contributed by atoms with Crippen molar-refractivity contribution in [2.24, 2.45) is 0 Å². The molecular weight excluding hydrogens is 406 g/mol. The maximum Gasteiger partial charge on any atom is 0.422 e. The summed E-state index contributed by atoms with van der Waals surface area (Å²) in [5.74, 6) is -1.39. The lowest BCUT2D eigenvalue weighted by Gasteiger charge is -2.13. The molecule has 1 heterocycles. The van der Waals surface area contributed by atoms with Crippen LogP contribution in [0.3, 0.4) is 0 Å². The van der Waals surface area contributed by atoms with E-state index in [-0.39, 0.29) is 34.0 Å². The monoisotopic (exact) mass is 420 g/mol. The van der Waals surface area contributed by atoms with Crippen LogP contribution in [0.15, 0.2) is 18.2 Å². The van der Waals surface area contributed by atoms with Gasteiger partial charge >= 0.3 is 12.4 Å². The molecule has 0 bridgehead atoms. The number of carbonyl (C=O) groups excluding carboxylic acids is 1. The number of benzene rings is 1. The number of amides is 1. The van der Waals surface area contributed by atoms with Crippen LogP contribution in [0, 0.1) is 25.2 Å². The fraction of sp³-hybridized carbons (Fsp3) is 0.353. The van der Waals surface area contributed by atoms with Gasteiger partial charge in [0.15, 0.2) is 6.61 Å². The van der Waals surface area contributed by atoms with Gasteiger partial charge in [-0.05, 0) is 31.5 Å². The van der Waals surface area contributed by atoms with Crippen molar-refractivity contribution >= 4 is 5.91 Å². The lowest BCUT2D eigenvalue weighted by molar-refractivity contribution is -0.154. The van der Waals surface area contributed by atoms with Crippen molar-refractivity contribution in [1.82, 2.24) is 15.1 Å². The molecule has 0 spiro atoms. The van der Waals surface area contributed by atoms with E-state index in [4.69, 9.17) is 0 Å². The summed E-state index contributed by atoms with van der Waals surface area (Å²) in [5.41, 5.74) is 0.404. The fourth-order valence-electron chi connectivity index (χ4n) is 2.40. The second kappa shape index (κ2) is 8.02. The first kappa shape index (κ1) is 22.1. The number of nitrogens with one attached hydrogen (secondary N) is 1. The van der Waals surface area contributed by atoms with E-state index in [9.17, 15) is 36.4 Å². The standard InChI is InChI=1S/C17H14F6N4O2/c1-9-3-11(6-24)13(5-12(9)15(28)25-7-16(18,19)20)27-10(2)4-14(26-27)29-8-17(21,22)23/h3-5H,7-8H2,1-2H3,(H,25,28). The number of ether oxygens (including phenoxy) is 1. The van der Waals surface area contributed by atoms with Crippen LogP contribution in [-0.4, -0.2) is 41.2 Å². The zero-order chi connectivity index (χ0) is 22.0. The molecule has 0 aliphatic heterocycles. The molecular formula is C17H14F6N4O2. The van der Waals surface area contributed by atoms with Gasteiger partial charge in [0.2, 0.25) is 5.88 Å². The van der Waals surface area contributed by atoms with Gasteiger partial charge in [-0.3, -0.25) is 4.79 Å². The van der Waals surface area contributed by atoms with Crippen LogP contribution in [0.2, 0.25) is 0 Å². The van der Waals surface area contributed by atoms with Crippen LogP contribution in [0.5, 0.6) is 5.88 Å². The Morgan fingerprint density at radius 2 is 1.83 bits per heavy atom. The highest BCUT2D eigenvalue weighted by Gasteiger charge is 2.30. The van der Waals surface area contributed by atoms with Crippen molar-refractivity contribution < 1.29 is 35.9 Å². The van der Waals surface area contributed by atoms with Crippen molar-refractivity contribution in [2.45, 2.75) is 26.2 Å². The minimum atomic E-state index is -4.61. The van der Waals surface area contributed by atoms with E-state index in [1.165, 1.54) is 26.0 Å². The number of nitrogens with zero attached hydrogens (tertiary/aromatic N) is 3. The third-order valence-corrected chi connectivity index (χ3v) is 3.63. The van der Waals surface area contributed by atoms with Crippen molar-refractivity contribution in [3.8, 4) is 17.6 Å². The van der Waals surface area contributed by atoms with Crippen LogP contribution in [0.25, 0.3) is 5.69 Å². The lowest BCUT2D eigenvalue weighted by atomic mass is 10.0. The van der Waals surface area contributed by atoms with Crippen LogP contribution >= 0.6 is 0 Å². The van der Waals surface area contributed by atoms with Crippen LogP contribution < -0.4 is 10.1 Å². The molecule has 1 aromatic heterocycles.